The minimum absolute atomic E-state index is 0.0581. The van der Waals surface area contributed by atoms with Crippen LogP contribution in [0.2, 0.25) is 5.02 Å². The van der Waals surface area contributed by atoms with Crippen molar-refractivity contribution in [3.05, 3.63) is 28.5 Å². The number of phenols is 1. The quantitative estimate of drug-likeness (QED) is 0.713. The summed E-state index contributed by atoms with van der Waals surface area (Å²) in [5.41, 5.74) is 5.12. The average Bonchev–Trinajstić information content (AvgIpc) is 2.12. The molecule has 0 unspecified atom stereocenters. The van der Waals surface area contributed by atoms with E-state index in [2.05, 4.69) is 0 Å². The third-order valence-corrected chi connectivity index (χ3v) is 1.81. The number of benzene rings is 1. The molecule has 3 nitrogen and oxygen atoms in total. The monoisotopic (exact) mass is 203 g/mol. The Hall–Kier alpha value is -1.13. The lowest BCUT2D eigenvalue weighted by Crippen LogP contribution is -2.13. The van der Waals surface area contributed by atoms with Crippen LogP contribution in [-0.2, 0) is 0 Å². The lowest BCUT2D eigenvalue weighted by molar-refractivity contribution is 0.100. The molecule has 5 heteroatoms. The van der Waals surface area contributed by atoms with Gasteiger partial charge in [-0.1, -0.05) is 11.6 Å². The fourth-order valence-electron chi connectivity index (χ4n) is 0.844. The Balaban J connectivity index is 3.20. The van der Waals surface area contributed by atoms with Gasteiger partial charge in [-0.3, -0.25) is 4.79 Å². The minimum atomic E-state index is -0.927. The number of aromatic hydroxyl groups is 1. The second-order valence-corrected chi connectivity index (χ2v) is 2.82. The first-order valence-electron chi connectivity index (χ1n) is 3.47. The molecule has 1 aromatic carbocycles. The summed E-state index contributed by atoms with van der Waals surface area (Å²) in [6.45, 7) is -0.222. The van der Waals surface area contributed by atoms with Crippen LogP contribution in [0.3, 0.4) is 0 Å². The molecule has 0 aromatic heterocycles. The molecule has 1 aromatic rings. The molecular weight excluding hydrogens is 197 g/mol. The van der Waals surface area contributed by atoms with Crippen molar-refractivity contribution in [2.24, 2.45) is 5.73 Å². The largest absolute Gasteiger partial charge is 0.504 e. The van der Waals surface area contributed by atoms with Crippen LogP contribution in [0.4, 0.5) is 4.39 Å². The van der Waals surface area contributed by atoms with Gasteiger partial charge in [0.2, 0.25) is 0 Å². The summed E-state index contributed by atoms with van der Waals surface area (Å²) in [6.07, 6.45) is 0. The molecule has 0 spiro atoms. The standard InChI is InChI=1S/C8H7ClFNO2/c9-5-1-4(7(12)3-11)2-6(10)8(5)13/h1-2,13H,3,11H2. The lowest BCUT2D eigenvalue weighted by Gasteiger charge is -2.02. The van der Waals surface area contributed by atoms with Gasteiger partial charge < -0.3 is 10.8 Å². The zero-order valence-electron chi connectivity index (χ0n) is 6.55. The van der Waals surface area contributed by atoms with Gasteiger partial charge in [0.25, 0.3) is 0 Å². The normalized spacial score (nSPS) is 10.1. The molecule has 3 N–H and O–H groups in total. The highest BCUT2D eigenvalue weighted by Crippen LogP contribution is 2.27. The van der Waals surface area contributed by atoms with E-state index < -0.39 is 17.3 Å². The Bertz CT molecular complexity index is 331. The number of hydrogen-bond acceptors (Lipinski definition) is 3. The van der Waals surface area contributed by atoms with E-state index in [1.165, 1.54) is 6.07 Å². The summed E-state index contributed by atoms with van der Waals surface area (Å²) < 4.78 is 12.8. The van der Waals surface area contributed by atoms with Crippen LogP contribution >= 0.6 is 11.6 Å². The number of carbonyl (C=O) groups excluding carboxylic acids is 1. The zero-order chi connectivity index (χ0) is 10.0. The molecule has 0 heterocycles. The number of phenolic OH excluding ortho intramolecular Hbond substituents is 1. The summed E-state index contributed by atoms with van der Waals surface area (Å²) in [5.74, 6) is -2.01. The van der Waals surface area contributed by atoms with Gasteiger partial charge in [0.05, 0.1) is 11.6 Å². The van der Waals surface area contributed by atoms with E-state index in [1.54, 1.807) is 0 Å². The maximum Gasteiger partial charge on any atom is 0.176 e. The van der Waals surface area contributed by atoms with E-state index in [0.29, 0.717) is 0 Å². The Morgan fingerprint density at radius 1 is 1.62 bits per heavy atom. The second kappa shape index (κ2) is 3.72. The molecule has 13 heavy (non-hydrogen) atoms. The van der Waals surface area contributed by atoms with Crippen molar-refractivity contribution in [3.63, 3.8) is 0 Å². The smallest absolute Gasteiger partial charge is 0.176 e. The van der Waals surface area contributed by atoms with E-state index in [4.69, 9.17) is 22.4 Å². The van der Waals surface area contributed by atoms with Gasteiger partial charge in [-0.15, -0.1) is 0 Å². The van der Waals surface area contributed by atoms with Gasteiger partial charge in [-0.25, -0.2) is 4.39 Å². The highest BCUT2D eigenvalue weighted by molar-refractivity contribution is 6.32. The van der Waals surface area contributed by atoms with Crippen molar-refractivity contribution in [2.75, 3.05) is 6.54 Å². The van der Waals surface area contributed by atoms with E-state index in [0.717, 1.165) is 6.07 Å². The summed E-state index contributed by atoms with van der Waals surface area (Å²) >= 11 is 5.44. The fraction of sp³-hybridized carbons (Fsp3) is 0.125. The average molecular weight is 204 g/mol. The molecule has 0 atom stereocenters. The predicted octanol–water partition coefficient (Wildman–Crippen LogP) is 1.33. The van der Waals surface area contributed by atoms with Crippen molar-refractivity contribution < 1.29 is 14.3 Å². The number of hydrogen-bond donors (Lipinski definition) is 2. The Morgan fingerprint density at radius 3 is 2.69 bits per heavy atom. The Morgan fingerprint density at radius 2 is 2.23 bits per heavy atom. The van der Waals surface area contributed by atoms with Crippen LogP contribution in [0.1, 0.15) is 10.4 Å². The van der Waals surface area contributed by atoms with Crippen molar-refractivity contribution >= 4 is 17.4 Å². The van der Waals surface area contributed by atoms with Crippen LogP contribution in [0, 0.1) is 5.82 Å². The van der Waals surface area contributed by atoms with Gasteiger partial charge in [-0.2, -0.15) is 0 Å². The molecule has 0 bridgehead atoms. The van der Waals surface area contributed by atoms with Crippen LogP contribution in [0.15, 0.2) is 12.1 Å². The highest BCUT2D eigenvalue weighted by atomic mass is 35.5. The maximum atomic E-state index is 12.8. The van der Waals surface area contributed by atoms with Gasteiger partial charge in [-0.05, 0) is 12.1 Å². The number of carbonyl (C=O) groups is 1. The number of rotatable bonds is 2. The third kappa shape index (κ3) is 1.96. The van der Waals surface area contributed by atoms with E-state index in [-0.39, 0.29) is 17.1 Å². The molecular formula is C8H7ClFNO2. The van der Waals surface area contributed by atoms with Gasteiger partial charge >= 0.3 is 0 Å². The fourth-order valence-corrected chi connectivity index (χ4v) is 1.05. The van der Waals surface area contributed by atoms with Gasteiger partial charge in [0.15, 0.2) is 17.3 Å². The van der Waals surface area contributed by atoms with Crippen LogP contribution < -0.4 is 5.73 Å². The van der Waals surface area contributed by atoms with Crippen molar-refractivity contribution in [2.45, 2.75) is 0 Å². The molecule has 0 aliphatic rings. The molecule has 1 rings (SSSR count). The predicted molar refractivity (Wildman–Crippen MR) is 46.5 cm³/mol. The van der Waals surface area contributed by atoms with Crippen LogP contribution in [0.5, 0.6) is 5.75 Å². The van der Waals surface area contributed by atoms with Gasteiger partial charge in [0, 0.05) is 5.56 Å². The maximum absolute atomic E-state index is 12.8. The van der Waals surface area contributed by atoms with Crippen molar-refractivity contribution in [3.8, 4) is 5.75 Å². The Labute approximate surface area is 78.9 Å². The molecule has 0 fully saturated rings. The zero-order valence-corrected chi connectivity index (χ0v) is 7.31. The summed E-state index contributed by atoms with van der Waals surface area (Å²) in [7, 11) is 0. The highest BCUT2D eigenvalue weighted by Gasteiger charge is 2.11. The molecule has 0 saturated carbocycles. The summed E-state index contributed by atoms with van der Waals surface area (Å²) in [6, 6.07) is 2.07. The first-order valence-corrected chi connectivity index (χ1v) is 3.85. The van der Waals surface area contributed by atoms with Crippen LogP contribution in [0.25, 0.3) is 0 Å². The number of halogens is 2. The molecule has 0 aliphatic carbocycles. The molecule has 70 valence electrons. The van der Waals surface area contributed by atoms with Crippen molar-refractivity contribution in [1.29, 1.82) is 0 Å². The van der Waals surface area contributed by atoms with Crippen molar-refractivity contribution in [1.82, 2.24) is 0 Å². The van der Waals surface area contributed by atoms with E-state index in [1.807, 2.05) is 0 Å². The lowest BCUT2D eigenvalue weighted by atomic mass is 10.1. The summed E-state index contributed by atoms with van der Waals surface area (Å²) in [4.78, 5) is 11.0. The number of nitrogens with two attached hydrogens (primary N) is 1. The molecule has 0 aliphatic heterocycles. The van der Waals surface area contributed by atoms with Crippen LogP contribution in [-0.4, -0.2) is 17.4 Å². The van der Waals surface area contributed by atoms with E-state index >= 15 is 0 Å². The first kappa shape index (κ1) is 9.95. The minimum Gasteiger partial charge on any atom is -0.504 e. The van der Waals surface area contributed by atoms with Gasteiger partial charge in [0.1, 0.15) is 0 Å². The number of ketones is 1. The third-order valence-electron chi connectivity index (χ3n) is 1.52. The molecule has 0 amide bonds. The number of Topliss-reactive ketones (excluding diaryl/α,β-unsaturated/α-hetero) is 1. The Kier molecular flexibility index (Phi) is 2.85. The van der Waals surface area contributed by atoms with E-state index in [9.17, 15) is 9.18 Å². The molecule has 0 saturated heterocycles. The topological polar surface area (TPSA) is 63.3 Å². The molecule has 0 radical (unpaired) electrons. The summed E-state index contributed by atoms with van der Waals surface area (Å²) in [5, 5.41) is 8.74. The SMILES string of the molecule is NCC(=O)c1cc(F)c(O)c(Cl)c1. The first-order chi connectivity index (χ1) is 6.06. The second-order valence-electron chi connectivity index (χ2n) is 2.42.